The van der Waals surface area contributed by atoms with Gasteiger partial charge in [-0.2, -0.15) is 13.2 Å². The number of ether oxygens (including phenoxy) is 2. The van der Waals surface area contributed by atoms with E-state index in [0.717, 1.165) is 16.3 Å². The Hall–Kier alpha value is -2.85. The third-order valence-electron chi connectivity index (χ3n) is 4.77. The van der Waals surface area contributed by atoms with Crippen LogP contribution >= 0.6 is 0 Å². The van der Waals surface area contributed by atoms with E-state index in [1.165, 1.54) is 0 Å². The maximum Gasteiger partial charge on any atom is 0.471 e. The summed E-state index contributed by atoms with van der Waals surface area (Å²) in [6, 6.07) is 13.8. The second-order valence-electron chi connectivity index (χ2n) is 7.50. The van der Waals surface area contributed by atoms with Crippen molar-refractivity contribution in [3.63, 3.8) is 0 Å². The predicted octanol–water partition coefficient (Wildman–Crippen LogP) is 3.68. The van der Waals surface area contributed by atoms with Gasteiger partial charge in [-0.15, -0.1) is 0 Å². The first-order valence-electron chi connectivity index (χ1n) is 10.8. The van der Waals surface area contributed by atoms with E-state index in [0.29, 0.717) is 38.8 Å². The third-order valence-corrected chi connectivity index (χ3v) is 4.77. The lowest BCUT2D eigenvalue weighted by molar-refractivity contribution is -0.173. The van der Waals surface area contributed by atoms with E-state index < -0.39 is 24.3 Å². The lowest BCUT2D eigenvalue weighted by Gasteiger charge is -2.13. The third kappa shape index (κ3) is 10.1. The molecule has 7 nitrogen and oxygen atoms in total. The average Bonchev–Trinajstić information content (AvgIpc) is 2.78. The van der Waals surface area contributed by atoms with Crippen LogP contribution in [0.2, 0.25) is 0 Å². The van der Waals surface area contributed by atoms with Crippen LogP contribution in [-0.2, 0) is 20.9 Å². The largest absolute Gasteiger partial charge is 0.471 e. The van der Waals surface area contributed by atoms with E-state index >= 15 is 0 Å². The van der Waals surface area contributed by atoms with Crippen molar-refractivity contribution in [2.24, 2.45) is 0 Å². The second-order valence-corrected chi connectivity index (χ2v) is 7.50. The van der Waals surface area contributed by atoms with Crippen molar-refractivity contribution in [3.8, 4) is 0 Å². The topological polar surface area (TPSA) is 96.9 Å². The summed E-state index contributed by atoms with van der Waals surface area (Å²) in [6.07, 6.45) is -4.18. The van der Waals surface area contributed by atoms with Crippen molar-refractivity contribution in [2.45, 2.75) is 44.6 Å². The average molecular weight is 470 g/mol. The molecule has 1 atom stereocenters. The van der Waals surface area contributed by atoms with Crippen molar-refractivity contribution < 1.29 is 37.3 Å². The summed E-state index contributed by atoms with van der Waals surface area (Å²) in [5, 5.41) is 16.5. The Balaban J connectivity index is 1.48. The van der Waals surface area contributed by atoms with Crippen LogP contribution in [0.3, 0.4) is 0 Å². The highest BCUT2D eigenvalue weighted by molar-refractivity contribution is 5.85. The maximum absolute atomic E-state index is 12.0. The molecule has 0 unspecified atom stereocenters. The summed E-state index contributed by atoms with van der Waals surface area (Å²) in [5.74, 6) is -1.94. The van der Waals surface area contributed by atoms with Gasteiger partial charge in [0.2, 0.25) is 0 Å². The number of halogens is 3. The van der Waals surface area contributed by atoms with Crippen LogP contribution in [0.5, 0.6) is 0 Å². The first-order chi connectivity index (χ1) is 15.8. The van der Waals surface area contributed by atoms with Gasteiger partial charge >= 0.3 is 18.2 Å². The number of aliphatic hydroxyl groups excluding tert-OH is 1. The number of alkyl carbamates (subject to hydrolysis) is 1. The zero-order valence-electron chi connectivity index (χ0n) is 18.2. The fourth-order valence-electron chi connectivity index (χ4n) is 3.09. The van der Waals surface area contributed by atoms with Crippen molar-refractivity contribution in [2.75, 3.05) is 26.3 Å². The lowest BCUT2D eigenvalue weighted by atomic mass is 10.1. The Morgan fingerprint density at radius 1 is 0.909 bits per heavy atom. The monoisotopic (exact) mass is 470 g/mol. The molecule has 0 aliphatic heterocycles. The highest BCUT2D eigenvalue weighted by atomic mass is 19.4. The number of amides is 2. The first-order valence-corrected chi connectivity index (χ1v) is 10.8. The van der Waals surface area contributed by atoms with Crippen molar-refractivity contribution in [1.29, 1.82) is 0 Å². The molecule has 0 fully saturated rings. The predicted molar refractivity (Wildman–Crippen MR) is 116 cm³/mol. The van der Waals surface area contributed by atoms with Gasteiger partial charge in [0.15, 0.2) is 0 Å². The summed E-state index contributed by atoms with van der Waals surface area (Å²) >= 11 is 0. The number of carbonyl (C=O) groups is 2. The number of unbranched alkanes of at least 4 members (excludes halogenated alkanes) is 3. The molecule has 33 heavy (non-hydrogen) atoms. The quantitative estimate of drug-likeness (QED) is 0.388. The van der Waals surface area contributed by atoms with E-state index in [9.17, 15) is 27.9 Å². The highest BCUT2D eigenvalue weighted by Crippen LogP contribution is 2.19. The van der Waals surface area contributed by atoms with Gasteiger partial charge in [-0.3, -0.25) is 4.79 Å². The van der Waals surface area contributed by atoms with Crippen LogP contribution in [-0.4, -0.2) is 55.7 Å². The molecule has 3 N–H and O–H groups in total. The zero-order valence-corrected chi connectivity index (χ0v) is 18.2. The minimum absolute atomic E-state index is 0.0153. The molecule has 0 saturated carbocycles. The molecule has 182 valence electrons. The van der Waals surface area contributed by atoms with Gasteiger partial charge in [0.25, 0.3) is 0 Å². The number of hydrogen-bond acceptors (Lipinski definition) is 5. The minimum atomic E-state index is -4.86. The van der Waals surface area contributed by atoms with E-state index in [-0.39, 0.29) is 19.8 Å². The molecule has 0 saturated heterocycles. The van der Waals surface area contributed by atoms with Crippen molar-refractivity contribution in [3.05, 3.63) is 48.0 Å². The van der Waals surface area contributed by atoms with Crippen LogP contribution in [0.1, 0.15) is 31.2 Å². The smallest absolute Gasteiger partial charge is 0.447 e. The number of aliphatic hydroxyl groups is 1. The second kappa shape index (κ2) is 13.6. The SMILES string of the molecule is O=C(NCCCCCCNC(=O)C(F)(F)F)OC[C@@H](O)COCc1cccc2ccccc12. The van der Waals surface area contributed by atoms with Gasteiger partial charge in [0, 0.05) is 13.1 Å². The van der Waals surface area contributed by atoms with Gasteiger partial charge in [0.1, 0.15) is 12.7 Å². The summed E-state index contributed by atoms with van der Waals surface area (Å²) in [7, 11) is 0. The van der Waals surface area contributed by atoms with E-state index in [2.05, 4.69) is 5.32 Å². The Morgan fingerprint density at radius 2 is 1.58 bits per heavy atom. The summed E-state index contributed by atoms with van der Waals surface area (Å²) in [4.78, 5) is 22.3. The number of alkyl halides is 3. The first kappa shape index (κ1) is 26.4. The van der Waals surface area contributed by atoms with Gasteiger partial charge in [0.05, 0.1) is 13.2 Å². The molecule has 0 bridgehead atoms. The fourth-order valence-corrected chi connectivity index (χ4v) is 3.09. The molecule has 0 aromatic heterocycles. The zero-order chi connectivity index (χ0) is 24.1. The van der Waals surface area contributed by atoms with Gasteiger partial charge in [-0.1, -0.05) is 55.3 Å². The highest BCUT2D eigenvalue weighted by Gasteiger charge is 2.38. The molecule has 0 radical (unpaired) electrons. The summed E-state index contributed by atoms with van der Waals surface area (Å²) < 4.78 is 46.5. The van der Waals surface area contributed by atoms with Crippen molar-refractivity contribution in [1.82, 2.24) is 10.6 Å². The molecule has 0 aliphatic carbocycles. The Bertz CT molecular complexity index is 887. The lowest BCUT2D eigenvalue weighted by Crippen LogP contribution is -2.37. The van der Waals surface area contributed by atoms with Crippen LogP contribution in [0.25, 0.3) is 10.8 Å². The minimum Gasteiger partial charge on any atom is -0.447 e. The van der Waals surface area contributed by atoms with Gasteiger partial charge < -0.3 is 25.2 Å². The van der Waals surface area contributed by atoms with Crippen LogP contribution in [0.15, 0.2) is 42.5 Å². The van der Waals surface area contributed by atoms with Crippen molar-refractivity contribution >= 4 is 22.8 Å². The maximum atomic E-state index is 12.0. The molecule has 0 spiro atoms. The van der Waals surface area contributed by atoms with E-state index in [1.54, 1.807) is 5.32 Å². The standard InChI is InChI=1S/C23H29F3N2O5/c24-23(25,26)21(30)27-12-5-1-2-6-13-28-22(31)33-16-19(29)15-32-14-18-10-7-9-17-8-3-4-11-20(17)18/h3-4,7-11,19,29H,1-2,5-6,12-16H2,(H,27,30)(H,28,31)/t19-/m0/s1. The summed E-state index contributed by atoms with van der Waals surface area (Å²) in [6.45, 7) is 0.418. The Labute approximate surface area is 190 Å². The molecule has 10 heteroatoms. The molecule has 2 amide bonds. The van der Waals surface area contributed by atoms with Crippen LogP contribution < -0.4 is 10.6 Å². The fraction of sp³-hybridized carbons (Fsp3) is 0.478. The van der Waals surface area contributed by atoms with Crippen LogP contribution in [0.4, 0.5) is 18.0 Å². The summed E-state index contributed by atoms with van der Waals surface area (Å²) in [5.41, 5.74) is 1.00. The number of benzene rings is 2. The Morgan fingerprint density at radius 3 is 2.30 bits per heavy atom. The van der Waals surface area contributed by atoms with Crippen LogP contribution in [0, 0.1) is 0 Å². The van der Waals surface area contributed by atoms with E-state index in [4.69, 9.17) is 9.47 Å². The molecule has 0 aliphatic rings. The molecular weight excluding hydrogens is 441 g/mol. The number of hydrogen-bond donors (Lipinski definition) is 3. The molecule has 2 aromatic rings. The number of nitrogens with one attached hydrogen (secondary N) is 2. The number of carbonyl (C=O) groups excluding carboxylic acids is 2. The van der Waals surface area contributed by atoms with Gasteiger partial charge in [-0.05, 0) is 29.2 Å². The Kier molecular flexibility index (Phi) is 10.9. The molecular formula is C23H29F3N2O5. The number of fused-ring (bicyclic) bond motifs is 1. The molecule has 0 heterocycles. The van der Waals surface area contributed by atoms with Gasteiger partial charge in [-0.25, -0.2) is 4.79 Å². The normalized spacial score (nSPS) is 12.4. The van der Waals surface area contributed by atoms with E-state index in [1.807, 2.05) is 42.5 Å². The number of rotatable bonds is 13. The molecule has 2 aromatic carbocycles. The molecule has 2 rings (SSSR count).